The Hall–Kier alpha value is -6.31. The number of hydrogen-bond acceptors (Lipinski definition) is 4. The van der Waals surface area contributed by atoms with Crippen molar-refractivity contribution in [2.45, 2.75) is 0 Å². The Morgan fingerprint density at radius 3 is 1.84 bits per heavy atom. The van der Waals surface area contributed by atoms with E-state index < -0.39 is 0 Å². The minimum Gasteiger partial charge on any atom is -0.436 e. The summed E-state index contributed by atoms with van der Waals surface area (Å²) in [5, 5.41) is 12.2. The molecule has 4 nitrogen and oxygen atoms in total. The molecule has 0 saturated heterocycles. The molecule has 2 aromatic heterocycles. The van der Waals surface area contributed by atoms with Gasteiger partial charge in [-0.15, -0.1) is 0 Å². The molecule has 0 bridgehead atoms. The summed E-state index contributed by atoms with van der Waals surface area (Å²) >= 11 is 0. The quantitative estimate of drug-likeness (QED) is 0.205. The van der Waals surface area contributed by atoms with Gasteiger partial charge in [-0.3, -0.25) is 4.98 Å². The molecule has 6 aromatic carbocycles. The Morgan fingerprint density at radius 1 is 0.511 bits per heavy atom. The molecule has 0 aliphatic heterocycles. The third-order valence-corrected chi connectivity index (χ3v) is 8.21. The first-order valence-corrected chi connectivity index (χ1v) is 14.8. The van der Waals surface area contributed by atoms with Crippen molar-refractivity contribution in [3.63, 3.8) is 0 Å². The van der Waals surface area contributed by atoms with E-state index in [2.05, 4.69) is 107 Å². The number of fused-ring (bicyclic) bond motifs is 2. The van der Waals surface area contributed by atoms with Crippen molar-refractivity contribution < 1.29 is 4.42 Å². The van der Waals surface area contributed by atoms with Gasteiger partial charge in [0.05, 0.1) is 17.3 Å². The summed E-state index contributed by atoms with van der Waals surface area (Å²) in [6, 6.07) is 51.7. The maximum Gasteiger partial charge on any atom is 0.227 e. The first-order chi connectivity index (χ1) is 22.2. The Labute approximate surface area is 260 Å². The fourth-order valence-corrected chi connectivity index (χ4v) is 5.97. The first kappa shape index (κ1) is 26.3. The predicted octanol–water partition coefficient (Wildman–Crippen LogP) is 10.6. The average molecular weight is 576 g/mol. The molecule has 0 aliphatic carbocycles. The number of benzene rings is 6. The van der Waals surface area contributed by atoms with Crippen LogP contribution in [-0.4, -0.2) is 9.97 Å². The topological polar surface area (TPSA) is 62.7 Å². The molecule has 0 amide bonds. The number of oxazole rings is 1. The fourth-order valence-electron chi connectivity index (χ4n) is 5.97. The molecule has 0 aliphatic rings. The zero-order chi connectivity index (χ0) is 30.2. The maximum absolute atomic E-state index is 9.96. The summed E-state index contributed by atoms with van der Waals surface area (Å²) in [4.78, 5) is 9.12. The summed E-state index contributed by atoms with van der Waals surface area (Å²) < 4.78 is 5.98. The van der Waals surface area contributed by atoms with E-state index in [1.54, 1.807) is 6.20 Å². The summed E-state index contributed by atoms with van der Waals surface area (Å²) in [6.07, 6.45) is 1.80. The van der Waals surface area contributed by atoms with Gasteiger partial charge in [0, 0.05) is 17.3 Å². The Kier molecular flexibility index (Phi) is 6.48. The van der Waals surface area contributed by atoms with Crippen LogP contribution in [-0.2, 0) is 0 Å². The first-order valence-electron chi connectivity index (χ1n) is 14.8. The third-order valence-electron chi connectivity index (χ3n) is 8.21. The number of nitrogens with zero attached hydrogens (tertiary/aromatic N) is 3. The zero-order valence-electron chi connectivity index (χ0n) is 24.2. The molecule has 0 saturated carbocycles. The van der Waals surface area contributed by atoms with Crippen molar-refractivity contribution >= 4 is 21.9 Å². The monoisotopic (exact) mass is 575 g/mol. The zero-order valence-corrected chi connectivity index (χ0v) is 24.2. The van der Waals surface area contributed by atoms with Crippen molar-refractivity contribution in [1.82, 2.24) is 9.97 Å². The van der Waals surface area contributed by atoms with Crippen LogP contribution in [0.4, 0.5) is 0 Å². The van der Waals surface area contributed by atoms with Crippen molar-refractivity contribution in [3.8, 4) is 62.2 Å². The molecule has 0 radical (unpaired) electrons. The van der Waals surface area contributed by atoms with Gasteiger partial charge in [-0.05, 0) is 98.8 Å². The fraction of sp³-hybridized carbons (Fsp3) is 0. The molecule has 2 heterocycles. The number of nitriles is 1. The summed E-state index contributed by atoms with van der Waals surface area (Å²) in [7, 11) is 0. The van der Waals surface area contributed by atoms with E-state index >= 15 is 0 Å². The van der Waals surface area contributed by atoms with Crippen molar-refractivity contribution in [2.24, 2.45) is 0 Å². The lowest BCUT2D eigenvalue weighted by molar-refractivity contribution is 0.620. The van der Waals surface area contributed by atoms with Crippen LogP contribution in [0.3, 0.4) is 0 Å². The van der Waals surface area contributed by atoms with Crippen molar-refractivity contribution in [3.05, 3.63) is 157 Å². The number of hydrogen-bond donors (Lipinski definition) is 0. The Balaban J connectivity index is 1.17. The van der Waals surface area contributed by atoms with Gasteiger partial charge in [-0.1, -0.05) is 91.0 Å². The van der Waals surface area contributed by atoms with Crippen LogP contribution in [0.5, 0.6) is 0 Å². The van der Waals surface area contributed by atoms with Crippen LogP contribution in [0.15, 0.2) is 156 Å². The third kappa shape index (κ3) is 4.93. The number of pyridine rings is 1. The second kappa shape index (κ2) is 11.1. The Morgan fingerprint density at radius 2 is 1.13 bits per heavy atom. The van der Waals surface area contributed by atoms with E-state index in [9.17, 15) is 5.26 Å². The minimum absolute atomic E-state index is 0.613. The lowest BCUT2D eigenvalue weighted by Gasteiger charge is -2.14. The van der Waals surface area contributed by atoms with E-state index in [1.165, 1.54) is 0 Å². The molecule has 210 valence electrons. The second-order valence-corrected chi connectivity index (χ2v) is 11.0. The summed E-state index contributed by atoms with van der Waals surface area (Å²) in [6.45, 7) is 0. The molecule has 0 atom stereocenters. The van der Waals surface area contributed by atoms with Gasteiger partial charge < -0.3 is 4.42 Å². The molecule has 0 fully saturated rings. The summed E-state index contributed by atoms with van der Waals surface area (Å²) in [5.41, 5.74) is 11.6. The minimum atomic E-state index is 0.613. The molecule has 4 heteroatoms. The molecular weight excluding hydrogens is 550 g/mol. The van der Waals surface area contributed by atoms with Gasteiger partial charge in [-0.25, -0.2) is 4.98 Å². The highest BCUT2D eigenvalue weighted by molar-refractivity contribution is 6.05. The van der Waals surface area contributed by atoms with Gasteiger partial charge in [0.25, 0.3) is 0 Å². The number of rotatable bonds is 5. The smallest absolute Gasteiger partial charge is 0.227 e. The van der Waals surface area contributed by atoms with Crippen LogP contribution < -0.4 is 0 Å². The van der Waals surface area contributed by atoms with Gasteiger partial charge in [-0.2, -0.15) is 5.26 Å². The molecule has 0 spiro atoms. The highest BCUT2D eigenvalue weighted by atomic mass is 16.3. The molecule has 45 heavy (non-hydrogen) atoms. The lowest BCUT2D eigenvalue weighted by atomic mass is 9.90. The van der Waals surface area contributed by atoms with Gasteiger partial charge in [0.2, 0.25) is 5.89 Å². The average Bonchev–Trinajstić information content (AvgIpc) is 3.56. The molecule has 0 N–H and O–H groups in total. The molecular formula is C41H25N3O. The highest BCUT2D eigenvalue weighted by Gasteiger charge is 2.13. The number of para-hydroxylation sites is 2. The molecule has 8 rings (SSSR count). The van der Waals surface area contributed by atoms with Gasteiger partial charge in [0.15, 0.2) is 5.58 Å². The van der Waals surface area contributed by atoms with Gasteiger partial charge >= 0.3 is 0 Å². The van der Waals surface area contributed by atoms with Crippen LogP contribution in [0.2, 0.25) is 0 Å². The van der Waals surface area contributed by atoms with E-state index in [0.717, 1.165) is 72.1 Å². The van der Waals surface area contributed by atoms with Crippen molar-refractivity contribution in [2.75, 3.05) is 0 Å². The van der Waals surface area contributed by atoms with Crippen LogP contribution >= 0.6 is 0 Å². The molecule has 0 unspecified atom stereocenters. The van der Waals surface area contributed by atoms with Crippen molar-refractivity contribution in [1.29, 1.82) is 5.26 Å². The van der Waals surface area contributed by atoms with Gasteiger partial charge in [0.1, 0.15) is 5.52 Å². The van der Waals surface area contributed by atoms with E-state index in [4.69, 9.17) is 4.42 Å². The van der Waals surface area contributed by atoms with E-state index in [1.807, 2.05) is 54.6 Å². The highest BCUT2D eigenvalue weighted by Crippen LogP contribution is 2.38. The van der Waals surface area contributed by atoms with E-state index in [0.29, 0.717) is 11.5 Å². The Bertz CT molecular complexity index is 2330. The SMILES string of the molecule is N#Cc1cc(-c2ccc(-c3ccccn3)cc2)cc(-c2ccc(-c3ccc(-c4nc5ccccc5o4)cc3)c3ccccc23)c1. The predicted molar refractivity (Wildman–Crippen MR) is 181 cm³/mol. The second-order valence-electron chi connectivity index (χ2n) is 11.0. The van der Waals surface area contributed by atoms with Crippen LogP contribution in [0, 0.1) is 11.3 Å². The molecule has 8 aromatic rings. The van der Waals surface area contributed by atoms with E-state index in [-0.39, 0.29) is 0 Å². The van der Waals surface area contributed by atoms with Crippen LogP contribution in [0.1, 0.15) is 5.56 Å². The normalized spacial score (nSPS) is 11.1. The largest absolute Gasteiger partial charge is 0.436 e. The maximum atomic E-state index is 9.96. The van der Waals surface area contributed by atoms with Crippen LogP contribution in [0.25, 0.3) is 78.0 Å². The number of aromatic nitrogens is 2. The summed E-state index contributed by atoms with van der Waals surface area (Å²) in [5.74, 6) is 0.613. The lowest BCUT2D eigenvalue weighted by Crippen LogP contribution is -1.89. The standard InChI is InChI=1S/C41H25N3O/c42-26-27-23-32(28-12-16-30(17-13-28)38-9-5-6-22-43-38)25-33(24-27)35-21-20-34(36-7-1-2-8-37(35)36)29-14-18-31(19-15-29)41-44-39-10-3-4-11-40(39)45-41/h1-25H.